The number of aliphatic hydroxyl groups is 1. The summed E-state index contributed by atoms with van der Waals surface area (Å²) in [4.78, 5) is 4.57. The van der Waals surface area contributed by atoms with Crippen molar-refractivity contribution in [2.75, 3.05) is 32.7 Å². The lowest BCUT2D eigenvalue weighted by atomic mass is 10.1. The molecule has 1 aliphatic rings. The Balaban J connectivity index is 2.25. The number of nitriles is 1. The molecule has 1 N–H and O–H groups in total. The number of hydrogen-bond donors (Lipinski definition) is 1. The Morgan fingerprint density at radius 2 is 1.88 bits per heavy atom. The molecular formula is C12H23N3O. The van der Waals surface area contributed by atoms with E-state index >= 15 is 0 Å². The zero-order valence-electron chi connectivity index (χ0n) is 10.6. The van der Waals surface area contributed by atoms with Crippen molar-refractivity contribution < 1.29 is 5.11 Å². The van der Waals surface area contributed by atoms with Crippen molar-refractivity contribution in [3.63, 3.8) is 0 Å². The molecule has 1 aliphatic heterocycles. The van der Waals surface area contributed by atoms with Crippen molar-refractivity contribution >= 4 is 0 Å². The van der Waals surface area contributed by atoms with Crippen LogP contribution in [0.4, 0.5) is 0 Å². The maximum absolute atomic E-state index is 9.65. The molecule has 0 aromatic rings. The van der Waals surface area contributed by atoms with E-state index in [-0.39, 0.29) is 6.04 Å². The lowest BCUT2D eigenvalue weighted by molar-refractivity contribution is 0.0456. The smallest absolute Gasteiger partial charge is 0.0950 e. The zero-order valence-corrected chi connectivity index (χ0v) is 10.6. The van der Waals surface area contributed by atoms with Crippen LogP contribution in [-0.2, 0) is 0 Å². The molecule has 0 aromatic heterocycles. The van der Waals surface area contributed by atoms with Gasteiger partial charge in [-0.1, -0.05) is 0 Å². The fourth-order valence-corrected chi connectivity index (χ4v) is 1.89. The third-order valence-corrected chi connectivity index (χ3v) is 3.18. The van der Waals surface area contributed by atoms with Crippen LogP contribution in [0, 0.1) is 11.3 Å². The van der Waals surface area contributed by atoms with Gasteiger partial charge in [-0.25, -0.2) is 0 Å². The van der Waals surface area contributed by atoms with Gasteiger partial charge in [-0.15, -0.1) is 0 Å². The van der Waals surface area contributed by atoms with Gasteiger partial charge in [0.15, 0.2) is 0 Å². The Kier molecular flexibility index (Phi) is 4.72. The molecule has 92 valence electrons. The zero-order chi connectivity index (χ0) is 12.2. The van der Waals surface area contributed by atoms with E-state index < -0.39 is 5.60 Å². The van der Waals surface area contributed by atoms with Gasteiger partial charge >= 0.3 is 0 Å². The molecule has 1 atom stereocenters. The van der Waals surface area contributed by atoms with Crippen molar-refractivity contribution in [2.45, 2.75) is 38.8 Å². The van der Waals surface area contributed by atoms with Crippen LogP contribution in [0.5, 0.6) is 0 Å². The summed E-state index contributed by atoms with van der Waals surface area (Å²) in [6.45, 7) is 10.5. The third kappa shape index (κ3) is 4.48. The number of hydrogen-bond acceptors (Lipinski definition) is 4. The fraction of sp³-hybridized carbons (Fsp3) is 0.917. The van der Waals surface area contributed by atoms with E-state index in [2.05, 4.69) is 15.9 Å². The predicted octanol–water partition coefficient (Wildman–Crippen LogP) is 0.677. The predicted molar refractivity (Wildman–Crippen MR) is 64.0 cm³/mol. The normalized spacial score (nSPS) is 21.7. The van der Waals surface area contributed by atoms with Crippen LogP contribution in [0.15, 0.2) is 0 Å². The second-order valence-electron chi connectivity index (χ2n) is 5.25. The first-order valence-electron chi connectivity index (χ1n) is 6.01. The fourth-order valence-electron chi connectivity index (χ4n) is 1.89. The number of rotatable bonds is 4. The van der Waals surface area contributed by atoms with Crippen molar-refractivity contribution in [3.05, 3.63) is 0 Å². The Morgan fingerprint density at radius 3 is 2.31 bits per heavy atom. The van der Waals surface area contributed by atoms with Gasteiger partial charge in [-0.05, 0) is 27.2 Å². The maximum Gasteiger partial charge on any atom is 0.0950 e. The Bertz CT molecular complexity index is 246. The van der Waals surface area contributed by atoms with E-state index in [0.29, 0.717) is 0 Å². The van der Waals surface area contributed by atoms with E-state index in [9.17, 15) is 5.11 Å². The van der Waals surface area contributed by atoms with Crippen LogP contribution in [0.25, 0.3) is 0 Å². The Hall–Kier alpha value is -0.630. The maximum atomic E-state index is 9.65. The highest BCUT2D eigenvalue weighted by atomic mass is 16.3. The minimum absolute atomic E-state index is 0.0245. The summed E-state index contributed by atoms with van der Waals surface area (Å²) in [6.07, 6.45) is 0.806. The molecule has 1 rings (SSSR count). The quantitative estimate of drug-likeness (QED) is 0.764. The largest absolute Gasteiger partial charge is 0.390 e. The molecule has 1 unspecified atom stereocenters. The van der Waals surface area contributed by atoms with E-state index in [1.54, 1.807) is 0 Å². The van der Waals surface area contributed by atoms with Crippen LogP contribution in [-0.4, -0.2) is 59.3 Å². The second kappa shape index (κ2) is 5.62. The number of piperazine rings is 1. The summed E-state index contributed by atoms with van der Waals surface area (Å²) in [5.74, 6) is 0. The van der Waals surface area contributed by atoms with Crippen LogP contribution < -0.4 is 0 Å². The first kappa shape index (κ1) is 13.4. The summed E-state index contributed by atoms with van der Waals surface area (Å²) in [7, 11) is 0. The molecule has 0 radical (unpaired) electrons. The molecule has 0 bridgehead atoms. The first-order chi connectivity index (χ1) is 7.42. The van der Waals surface area contributed by atoms with Gasteiger partial charge in [0.05, 0.1) is 17.7 Å². The summed E-state index contributed by atoms with van der Waals surface area (Å²) in [5, 5.41) is 18.5. The van der Waals surface area contributed by atoms with E-state index in [1.807, 2.05) is 20.8 Å². The van der Waals surface area contributed by atoms with Crippen LogP contribution in [0.2, 0.25) is 0 Å². The highest BCUT2D eigenvalue weighted by molar-refractivity contribution is 4.90. The minimum Gasteiger partial charge on any atom is -0.390 e. The van der Waals surface area contributed by atoms with Crippen molar-refractivity contribution in [1.29, 1.82) is 5.26 Å². The lowest BCUT2D eigenvalue weighted by Crippen LogP contribution is -2.49. The SMILES string of the molecule is CC(C#N)N1CCN(CCC(C)(C)O)CC1. The molecule has 0 saturated carbocycles. The molecular weight excluding hydrogens is 202 g/mol. The molecule has 0 aliphatic carbocycles. The second-order valence-corrected chi connectivity index (χ2v) is 5.25. The standard InChI is InChI=1S/C12H23N3O/c1-11(10-13)15-8-6-14(7-9-15)5-4-12(2,3)16/h11,16H,4-9H2,1-3H3. The van der Waals surface area contributed by atoms with Crippen molar-refractivity contribution in [2.24, 2.45) is 0 Å². The molecule has 1 fully saturated rings. The lowest BCUT2D eigenvalue weighted by Gasteiger charge is -2.36. The number of nitrogens with zero attached hydrogens (tertiary/aromatic N) is 3. The summed E-state index contributed by atoms with van der Waals surface area (Å²) in [5.41, 5.74) is -0.572. The molecule has 0 aromatic carbocycles. The topological polar surface area (TPSA) is 50.5 Å². The monoisotopic (exact) mass is 225 g/mol. The molecule has 4 nitrogen and oxygen atoms in total. The minimum atomic E-state index is -0.572. The van der Waals surface area contributed by atoms with Gasteiger partial charge in [-0.2, -0.15) is 5.26 Å². The van der Waals surface area contributed by atoms with Gasteiger partial charge in [0, 0.05) is 32.7 Å². The van der Waals surface area contributed by atoms with Gasteiger partial charge in [0.25, 0.3) is 0 Å². The Labute approximate surface area is 98.5 Å². The Morgan fingerprint density at radius 1 is 1.31 bits per heavy atom. The van der Waals surface area contributed by atoms with Gasteiger partial charge in [0.1, 0.15) is 0 Å². The molecule has 0 amide bonds. The van der Waals surface area contributed by atoms with Gasteiger partial charge < -0.3 is 10.0 Å². The molecule has 1 heterocycles. The van der Waals surface area contributed by atoms with E-state index in [0.717, 1.165) is 39.1 Å². The van der Waals surface area contributed by atoms with E-state index in [4.69, 9.17) is 5.26 Å². The first-order valence-corrected chi connectivity index (χ1v) is 6.01. The summed E-state index contributed by atoms with van der Waals surface area (Å²) < 4.78 is 0. The van der Waals surface area contributed by atoms with Crippen LogP contribution >= 0.6 is 0 Å². The van der Waals surface area contributed by atoms with Gasteiger partial charge in [0.2, 0.25) is 0 Å². The summed E-state index contributed by atoms with van der Waals surface area (Å²) >= 11 is 0. The van der Waals surface area contributed by atoms with Crippen LogP contribution in [0.1, 0.15) is 27.2 Å². The van der Waals surface area contributed by atoms with Crippen LogP contribution in [0.3, 0.4) is 0 Å². The average molecular weight is 225 g/mol. The molecule has 1 saturated heterocycles. The highest BCUT2D eigenvalue weighted by Crippen LogP contribution is 2.11. The summed E-state index contributed by atoms with van der Waals surface area (Å²) in [6, 6.07) is 2.30. The highest BCUT2D eigenvalue weighted by Gasteiger charge is 2.22. The van der Waals surface area contributed by atoms with Crippen molar-refractivity contribution in [3.8, 4) is 6.07 Å². The third-order valence-electron chi connectivity index (χ3n) is 3.18. The average Bonchev–Trinajstić information content (AvgIpc) is 2.25. The van der Waals surface area contributed by atoms with Crippen molar-refractivity contribution in [1.82, 2.24) is 9.80 Å². The van der Waals surface area contributed by atoms with E-state index in [1.165, 1.54) is 0 Å². The van der Waals surface area contributed by atoms with Gasteiger partial charge in [-0.3, -0.25) is 4.90 Å². The molecule has 4 heteroatoms. The molecule has 16 heavy (non-hydrogen) atoms. The molecule has 0 spiro atoms.